The van der Waals surface area contributed by atoms with Gasteiger partial charge >= 0.3 is 11.7 Å². The Morgan fingerprint density at radius 2 is 1.72 bits per heavy atom. The number of methoxy groups -OCH3 is 3. The third-order valence-electron chi connectivity index (χ3n) is 5.03. The smallest absolute Gasteiger partial charge is 0.338 e. The Balaban J connectivity index is 2.57. The molecule has 0 unspecified atom stereocenters. The van der Waals surface area contributed by atoms with E-state index >= 15 is 0 Å². The van der Waals surface area contributed by atoms with E-state index in [4.69, 9.17) is 25.8 Å². The number of hydrogen-bond acceptors (Lipinski definition) is 7. The fourth-order valence-electron chi connectivity index (χ4n) is 3.62. The number of alkyl halides is 1. The zero-order chi connectivity index (χ0) is 23.4. The van der Waals surface area contributed by atoms with Crippen LogP contribution in [0.25, 0.3) is 22.0 Å². The van der Waals surface area contributed by atoms with E-state index in [9.17, 15) is 19.7 Å². The normalized spacial score (nSPS) is 10.8. The fraction of sp³-hybridized carbons (Fsp3) is 0.273. The molecule has 0 aliphatic carbocycles. The first-order valence-electron chi connectivity index (χ1n) is 9.60. The number of pyridine rings is 1. The third-order valence-corrected chi connectivity index (χ3v) is 5.30. The maximum atomic E-state index is 13.5. The Morgan fingerprint density at radius 3 is 2.28 bits per heavy atom. The highest BCUT2D eigenvalue weighted by Gasteiger charge is 2.30. The Hall–Kier alpha value is -3.59. The summed E-state index contributed by atoms with van der Waals surface area (Å²) in [6.45, 7) is 0.109. The van der Waals surface area contributed by atoms with Crippen molar-refractivity contribution in [2.75, 3.05) is 27.2 Å². The number of nitrogens with zero attached hydrogens (tertiary/aromatic N) is 2. The van der Waals surface area contributed by atoms with E-state index in [2.05, 4.69) is 0 Å². The van der Waals surface area contributed by atoms with Crippen molar-refractivity contribution < 1.29 is 23.9 Å². The molecule has 10 heteroatoms. The lowest BCUT2D eigenvalue weighted by Crippen LogP contribution is -2.24. The average Bonchev–Trinajstić information content (AvgIpc) is 2.81. The van der Waals surface area contributed by atoms with E-state index in [-0.39, 0.29) is 57.2 Å². The molecule has 0 saturated carbocycles. The summed E-state index contributed by atoms with van der Waals surface area (Å²) in [6.07, 6.45) is 0.380. The van der Waals surface area contributed by atoms with Crippen LogP contribution in [0.2, 0.25) is 0 Å². The number of halogens is 1. The fourth-order valence-corrected chi connectivity index (χ4v) is 3.74. The molecule has 32 heavy (non-hydrogen) atoms. The van der Waals surface area contributed by atoms with Gasteiger partial charge in [-0.3, -0.25) is 14.9 Å². The third kappa shape index (κ3) is 3.99. The number of nitro groups is 1. The van der Waals surface area contributed by atoms with Crippen LogP contribution in [0, 0.1) is 10.1 Å². The molecule has 168 valence electrons. The van der Waals surface area contributed by atoms with Crippen LogP contribution in [-0.2, 0) is 11.3 Å². The molecular weight excluding hydrogens is 440 g/mol. The maximum absolute atomic E-state index is 13.5. The average molecular weight is 461 g/mol. The van der Waals surface area contributed by atoms with Crippen molar-refractivity contribution in [1.29, 1.82) is 0 Å². The quantitative estimate of drug-likeness (QED) is 0.216. The van der Waals surface area contributed by atoms with Gasteiger partial charge in [-0.25, -0.2) is 4.79 Å². The molecule has 0 N–H and O–H groups in total. The van der Waals surface area contributed by atoms with Crippen molar-refractivity contribution in [2.45, 2.75) is 13.0 Å². The number of esters is 1. The minimum atomic E-state index is -0.682. The molecule has 0 atom stereocenters. The summed E-state index contributed by atoms with van der Waals surface area (Å²) in [5.41, 5.74) is -0.532. The molecule has 3 aromatic rings. The number of benzene rings is 2. The van der Waals surface area contributed by atoms with Crippen molar-refractivity contribution in [2.24, 2.45) is 0 Å². The van der Waals surface area contributed by atoms with E-state index in [1.165, 1.54) is 50.2 Å². The molecule has 0 bridgehead atoms. The Morgan fingerprint density at radius 1 is 1.09 bits per heavy atom. The summed E-state index contributed by atoms with van der Waals surface area (Å²) in [5, 5.41) is 12.5. The highest BCUT2D eigenvalue weighted by molar-refractivity contribution is 6.17. The number of fused-ring (bicyclic) bond motifs is 1. The lowest BCUT2D eigenvalue weighted by atomic mass is 9.98. The van der Waals surface area contributed by atoms with E-state index in [0.717, 1.165) is 0 Å². The summed E-state index contributed by atoms with van der Waals surface area (Å²) in [6, 6.07) is 9.07. The number of aromatic nitrogens is 1. The lowest BCUT2D eigenvalue weighted by molar-refractivity contribution is -0.382. The lowest BCUT2D eigenvalue weighted by Gasteiger charge is -2.18. The molecule has 3 rings (SSSR count). The number of carbonyl (C=O) groups excluding carboxylic acids is 1. The number of rotatable bonds is 8. The second-order valence-corrected chi connectivity index (χ2v) is 7.12. The van der Waals surface area contributed by atoms with E-state index in [1.54, 1.807) is 12.1 Å². The van der Waals surface area contributed by atoms with Gasteiger partial charge in [0, 0.05) is 18.0 Å². The first-order chi connectivity index (χ1) is 15.4. The first kappa shape index (κ1) is 23.1. The van der Waals surface area contributed by atoms with Crippen LogP contribution in [0.15, 0.2) is 41.2 Å². The minimum Gasteiger partial charge on any atom is -0.493 e. The summed E-state index contributed by atoms with van der Waals surface area (Å²) in [4.78, 5) is 37.7. The predicted molar refractivity (Wildman–Crippen MR) is 120 cm³/mol. The maximum Gasteiger partial charge on any atom is 0.338 e. The summed E-state index contributed by atoms with van der Waals surface area (Å²) < 4.78 is 16.7. The molecule has 0 fully saturated rings. The Kier molecular flexibility index (Phi) is 6.99. The van der Waals surface area contributed by atoms with Gasteiger partial charge in [-0.2, -0.15) is 0 Å². The SMILES string of the molecule is COC(=O)c1ccccc1-c1c([N+](=O)[O-])c2cc(OC)c(OC)cc2c(=O)n1CCCCl. The van der Waals surface area contributed by atoms with Crippen LogP contribution in [0.4, 0.5) is 5.69 Å². The van der Waals surface area contributed by atoms with Crippen LogP contribution in [0.3, 0.4) is 0 Å². The number of carbonyl (C=O) groups is 1. The second kappa shape index (κ2) is 9.69. The van der Waals surface area contributed by atoms with Crippen LogP contribution >= 0.6 is 11.6 Å². The molecular formula is C22H21ClN2O7. The number of hydrogen-bond donors (Lipinski definition) is 0. The molecule has 1 aromatic heterocycles. The van der Waals surface area contributed by atoms with E-state index < -0.39 is 16.5 Å². The van der Waals surface area contributed by atoms with Crippen molar-refractivity contribution in [3.63, 3.8) is 0 Å². The highest BCUT2D eigenvalue weighted by Crippen LogP contribution is 2.41. The summed E-state index contributed by atoms with van der Waals surface area (Å²) in [7, 11) is 4.02. The molecule has 0 aliphatic rings. The zero-order valence-corrected chi connectivity index (χ0v) is 18.5. The number of ether oxygens (including phenoxy) is 3. The molecule has 2 aromatic carbocycles. The van der Waals surface area contributed by atoms with Gasteiger partial charge in [-0.1, -0.05) is 18.2 Å². The summed E-state index contributed by atoms with van der Waals surface area (Å²) in [5.74, 6) is 0.0484. The van der Waals surface area contributed by atoms with Gasteiger partial charge in [-0.05, 0) is 24.6 Å². The standard InChI is InChI=1S/C22H21ClN2O7/c1-30-17-11-15-16(12-18(17)31-2)21(26)24(10-6-9-23)19(20(15)25(28)29)13-7-4-5-8-14(13)22(27)32-3/h4-5,7-8,11-12H,6,9-10H2,1-3H3. The second-order valence-electron chi connectivity index (χ2n) is 6.74. The highest BCUT2D eigenvalue weighted by atomic mass is 35.5. The summed E-state index contributed by atoms with van der Waals surface area (Å²) >= 11 is 5.85. The van der Waals surface area contributed by atoms with Crippen molar-refractivity contribution in [3.05, 3.63) is 62.4 Å². The Bertz CT molecular complexity index is 1250. The largest absolute Gasteiger partial charge is 0.493 e. The molecule has 9 nitrogen and oxygen atoms in total. The van der Waals surface area contributed by atoms with Crippen LogP contribution < -0.4 is 15.0 Å². The van der Waals surface area contributed by atoms with E-state index in [0.29, 0.717) is 6.42 Å². The van der Waals surface area contributed by atoms with Gasteiger partial charge in [0.1, 0.15) is 5.69 Å². The zero-order valence-electron chi connectivity index (χ0n) is 17.7. The van der Waals surface area contributed by atoms with Crippen molar-refractivity contribution >= 4 is 34.0 Å². The molecule has 0 amide bonds. The van der Waals surface area contributed by atoms with Crippen LogP contribution in [0.5, 0.6) is 11.5 Å². The van der Waals surface area contributed by atoms with Crippen molar-refractivity contribution in [1.82, 2.24) is 4.57 Å². The predicted octanol–water partition coefficient (Wildman–Crippen LogP) is 4.01. The van der Waals surface area contributed by atoms with Gasteiger partial charge in [0.2, 0.25) is 0 Å². The van der Waals surface area contributed by atoms with Crippen LogP contribution in [-0.4, -0.2) is 42.7 Å². The molecule has 0 spiro atoms. The molecule has 1 heterocycles. The van der Waals surface area contributed by atoms with Gasteiger partial charge in [-0.15, -0.1) is 11.6 Å². The van der Waals surface area contributed by atoms with Gasteiger partial charge < -0.3 is 18.8 Å². The van der Waals surface area contributed by atoms with E-state index in [1.807, 2.05) is 0 Å². The van der Waals surface area contributed by atoms with Gasteiger partial charge in [0.15, 0.2) is 11.5 Å². The van der Waals surface area contributed by atoms with Gasteiger partial charge in [0.25, 0.3) is 5.56 Å². The molecule has 0 radical (unpaired) electrons. The van der Waals surface area contributed by atoms with Crippen molar-refractivity contribution in [3.8, 4) is 22.8 Å². The molecule has 0 aliphatic heterocycles. The first-order valence-corrected chi connectivity index (χ1v) is 10.1. The van der Waals surface area contributed by atoms with Crippen LogP contribution in [0.1, 0.15) is 16.8 Å². The van der Waals surface area contributed by atoms with Gasteiger partial charge in [0.05, 0.1) is 42.6 Å². The minimum absolute atomic E-state index is 0.00848. The monoisotopic (exact) mass is 460 g/mol. The Labute approximate surface area is 188 Å². The molecule has 0 saturated heterocycles. The topological polar surface area (TPSA) is 110 Å².